The number of aliphatic hydroxyl groups is 4. The molecule has 244 valence electrons. The fourth-order valence-corrected chi connectivity index (χ4v) is 8.22. The van der Waals surface area contributed by atoms with E-state index in [-0.39, 0.29) is 37.1 Å². The molecule has 2 saturated carbocycles. The summed E-state index contributed by atoms with van der Waals surface area (Å²) in [5, 5.41) is 54.9. The zero-order chi connectivity index (χ0) is 33.0. The molecule has 3 aliphatic carbocycles. The predicted octanol–water partition coefficient (Wildman–Crippen LogP) is 6.60. The molecular weight excluding hydrogens is 564 g/mol. The van der Waals surface area contributed by atoms with Crippen LogP contribution in [0.5, 0.6) is 5.75 Å². The molecule has 0 heterocycles. The largest absolute Gasteiger partial charge is 0.508 e. The lowest BCUT2D eigenvalue weighted by Crippen LogP contribution is -2.61. The third kappa shape index (κ3) is 6.90. The third-order valence-electron chi connectivity index (χ3n) is 10.8. The molecule has 5 atom stereocenters. The highest BCUT2D eigenvalue weighted by molar-refractivity contribution is 5.97. The minimum Gasteiger partial charge on any atom is -0.508 e. The van der Waals surface area contributed by atoms with E-state index in [9.17, 15) is 30.3 Å². The minimum absolute atomic E-state index is 0.0307. The highest BCUT2D eigenvalue weighted by Crippen LogP contribution is 2.67. The molecule has 4 rings (SSSR count). The number of rotatable bonds is 11. The lowest BCUT2D eigenvalue weighted by atomic mass is 9.51. The van der Waals surface area contributed by atoms with Gasteiger partial charge >= 0.3 is 0 Å². The average molecular weight is 617 g/mol. The van der Waals surface area contributed by atoms with Crippen LogP contribution < -0.4 is 0 Å². The number of allylic oxidation sites excluding steroid dienone is 9. The molecule has 1 aromatic carbocycles. The standard InChI is InChI=1S/C39H52O6/c1-26(2)8-6-9-27(3)22-30-15-18-38(31(23-30)25-41)19-20-39(36(38)44)34(10-7-21-40)33(16-17-37(39,5)45)28(4)35(43)24-29-11-13-32(42)14-12-29/h8,11-15,18,22-23,34,36,40-42,44-45H,3,6-7,9-10,16-17,19-21,24-25H2,1-2,4-5H3/t34-,36-,37-,38+,39-/m1/s1. The molecule has 0 radical (unpaired) electrons. The number of benzene rings is 1. The van der Waals surface area contributed by atoms with Crippen molar-refractivity contribution in [1.82, 2.24) is 0 Å². The van der Waals surface area contributed by atoms with Crippen LogP contribution >= 0.6 is 0 Å². The molecule has 0 amide bonds. The van der Waals surface area contributed by atoms with E-state index in [0.29, 0.717) is 49.7 Å². The third-order valence-corrected chi connectivity index (χ3v) is 10.8. The quantitative estimate of drug-likeness (QED) is 0.141. The number of aliphatic hydroxyl groups excluding tert-OH is 3. The lowest BCUT2D eigenvalue weighted by Gasteiger charge is -2.56. The first kappa shape index (κ1) is 34.8. The van der Waals surface area contributed by atoms with Gasteiger partial charge in [0.1, 0.15) is 5.75 Å². The second kappa shape index (κ2) is 14.2. The summed E-state index contributed by atoms with van der Waals surface area (Å²) in [4.78, 5) is 13.6. The highest BCUT2D eigenvalue weighted by Gasteiger charge is 2.68. The Morgan fingerprint density at radius 1 is 1.09 bits per heavy atom. The molecule has 2 spiro atoms. The Kier molecular flexibility index (Phi) is 11.0. The molecule has 0 bridgehead atoms. The topological polar surface area (TPSA) is 118 Å². The van der Waals surface area contributed by atoms with Crippen molar-refractivity contribution in [2.24, 2.45) is 16.7 Å². The number of carbonyl (C=O) groups excluding carboxylic acids is 1. The van der Waals surface area contributed by atoms with Crippen LogP contribution in [-0.2, 0) is 11.2 Å². The Morgan fingerprint density at radius 2 is 1.80 bits per heavy atom. The van der Waals surface area contributed by atoms with E-state index in [1.807, 2.05) is 38.2 Å². The van der Waals surface area contributed by atoms with Gasteiger partial charge in [0.2, 0.25) is 0 Å². The first-order valence-electron chi connectivity index (χ1n) is 16.4. The Bertz CT molecular complexity index is 1420. The van der Waals surface area contributed by atoms with E-state index in [1.54, 1.807) is 24.3 Å². The second-order valence-corrected chi connectivity index (χ2v) is 13.9. The van der Waals surface area contributed by atoms with Crippen molar-refractivity contribution in [2.75, 3.05) is 13.2 Å². The minimum atomic E-state index is -1.23. The predicted molar refractivity (Wildman–Crippen MR) is 179 cm³/mol. The first-order chi connectivity index (χ1) is 21.3. The molecule has 0 unspecified atom stereocenters. The van der Waals surface area contributed by atoms with Gasteiger partial charge in [0.15, 0.2) is 5.78 Å². The summed E-state index contributed by atoms with van der Waals surface area (Å²) in [7, 11) is 0. The fourth-order valence-electron chi connectivity index (χ4n) is 8.22. The van der Waals surface area contributed by atoms with Crippen LogP contribution in [0.2, 0.25) is 0 Å². The highest BCUT2D eigenvalue weighted by atomic mass is 16.3. The first-order valence-corrected chi connectivity index (χ1v) is 16.4. The molecule has 2 fully saturated rings. The number of hydrogen-bond donors (Lipinski definition) is 5. The van der Waals surface area contributed by atoms with Crippen LogP contribution in [0.15, 0.2) is 94.7 Å². The van der Waals surface area contributed by atoms with Crippen molar-refractivity contribution in [1.29, 1.82) is 0 Å². The number of aromatic hydroxyl groups is 1. The summed E-state index contributed by atoms with van der Waals surface area (Å²) in [6.45, 7) is 11.8. The monoisotopic (exact) mass is 616 g/mol. The molecule has 6 heteroatoms. The van der Waals surface area contributed by atoms with Crippen LogP contribution in [0.1, 0.15) is 84.6 Å². The van der Waals surface area contributed by atoms with Gasteiger partial charge in [-0.25, -0.2) is 0 Å². The van der Waals surface area contributed by atoms with E-state index in [2.05, 4.69) is 26.5 Å². The maximum Gasteiger partial charge on any atom is 0.162 e. The van der Waals surface area contributed by atoms with E-state index in [1.165, 1.54) is 5.57 Å². The molecule has 45 heavy (non-hydrogen) atoms. The molecule has 3 aliphatic rings. The molecule has 1 aromatic rings. The summed E-state index contributed by atoms with van der Waals surface area (Å²) >= 11 is 0. The normalized spacial score (nSPS) is 31.4. The van der Waals surface area contributed by atoms with Gasteiger partial charge in [-0.05, 0) is 119 Å². The maximum atomic E-state index is 13.6. The number of Topliss-reactive ketones (excluding diaryl/α,β-unsaturated/α-hetero) is 1. The molecule has 0 saturated heterocycles. The zero-order valence-corrected chi connectivity index (χ0v) is 27.5. The molecule has 5 N–H and O–H groups in total. The van der Waals surface area contributed by atoms with E-state index in [0.717, 1.165) is 35.1 Å². The van der Waals surface area contributed by atoms with Crippen molar-refractivity contribution < 1.29 is 30.3 Å². The Hall–Kier alpha value is -3.03. The van der Waals surface area contributed by atoms with Gasteiger partial charge in [-0.2, -0.15) is 0 Å². The van der Waals surface area contributed by atoms with E-state index >= 15 is 0 Å². The van der Waals surface area contributed by atoms with Crippen molar-refractivity contribution >= 4 is 5.78 Å². The Morgan fingerprint density at radius 3 is 2.44 bits per heavy atom. The van der Waals surface area contributed by atoms with Gasteiger partial charge in [-0.3, -0.25) is 4.79 Å². The van der Waals surface area contributed by atoms with Gasteiger partial charge in [0, 0.05) is 23.9 Å². The van der Waals surface area contributed by atoms with E-state index < -0.39 is 22.5 Å². The van der Waals surface area contributed by atoms with Gasteiger partial charge in [0.25, 0.3) is 0 Å². The van der Waals surface area contributed by atoms with Crippen LogP contribution in [0.4, 0.5) is 0 Å². The number of ketones is 1. The van der Waals surface area contributed by atoms with Gasteiger partial charge in [-0.15, -0.1) is 0 Å². The molecule has 0 aliphatic heterocycles. The van der Waals surface area contributed by atoms with E-state index in [4.69, 9.17) is 0 Å². The van der Waals surface area contributed by atoms with Crippen molar-refractivity contribution in [3.63, 3.8) is 0 Å². The van der Waals surface area contributed by atoms with Crippen LogP contribution in [0.25, 0.3) is 0 Å². The Balaban J connectivity index is 1.71. The number of phenolic OH excluding ortho intramolecular Hbond substituents is 1. The zero-order valence-electron chi connectivity index (χ0n) is 27.5. The molecule has 0 aromatic heterocycles. The second-order valence-electron chi connectivity index (χ2n) is 13.9. The van der Waals surface area contributed by atoms with Crippen LogP contribution in [0.3, 0.4) is 0 Å². The smallest absolute Gasteiger partial charge is 0.162 e. The van der Waals surface area contributed by atoms with Crippen molar-refractivity contribution in [3.05, 3.63) is 100 Å². The van der Waals surface area contributed by atoms with Crippen LogP contribution in [0, 0.1) is 16.7 Å². The van der Waals surface area contributed by atoms with Gasteiger partial charge < -0.3 is 25.5 Å². The summed E-state index contributed by atoms with van der Waals surface area (Å²) in [6, 6.07) is 6.62. The van der Waals surface area contributed by atoms with Gasteiger partial charge in [0.05, 0.1) is 18.3 Å². The summed E-state index contributed by atoms with van der Waals surface area (Å²) in [5.74, 6) is -0.214. The fraction of sp³-hybridized carbons (Fsp3) is 0.513. The molecular formula is C39H52O6. The van der Waals surface area contributed by atoms with Crippen LogP contribution in [-0.4, -0.2) is 56.2 Å². The SMILES string of the molecule is C=C(C=C1C=C[C@]2(CC[C@@]3([C@H](CCCO)C(=C(C)C(=O)Cc4ccc(O)cc4)CC[C@@]3(C)O)[C@@H]2O)C(CO)=C1)CCC=C(C)C. The van der Waals surface area contributed by atoms with Gasteiger partial charge in [-0.1, -0.05) is 65.8 Å². The summed E-state index contributed by atoms with van der Waals surface area (Å²) < 4.78 is 0. The number of carbonyl (C=O) groups is 1. The number of phenols is 1. The number of hydrogen-bond acceptors (Lipinski definition) is 6. The molecule has 6 nitrogen and oxygen atoms in total. The maximum absolute atomic E-state index is 13.6. The summed E-state index contributed by atoms with van der Waals surface area (Å²) in [6.07, 6.45) is 14.1. The van der Waals surface area contributed by atoms with Crippen molar-refractivity contribution in [3.8, 4) is 5.75 Å². The van der Waals surface area contributed by atoms with Crippen molar-refractivity contribution in [2.45, 2.75) is 97.2 Å². The Labute approximate surface area is 268 Å². The summed E-state index contributed by atoms with van der Waals surface area (Å²) in [5.41, 5.74) is 3.20. The average Bonchev–Trinajstić information content (AvgIpc) is 3.28. The lowest BCUT2D eigenvalue weighted by molar-refractivity contribution is -0.173.